The summed E-state index contributed by atoms with van der Waals surface area (Å²) in [5.41, 5.74) is 4.83. The molecule has 0 radical (unpaired) electrons. The standard InChI is InChI=1S/C55H84N5O12P/c1-3-5-6-7-8-9-10-11-12-13-14-15-16-20-25-34-68-39-44(40-70-73(66,67)35-26-31-56)71-50(62)30-22-19-17-18-21-29-49(61)57-32-33-58-54(65)72-55(4-2)46-37-48-51-43(36-42-27-23-24-28-47(42)59-51)38-60(48)52(63)45(46)41-69-53(55)64/h23-24,27-28,36-37,44H,3-22,25-26,29-35,38-41,56H2,1-2H3,(H,57,61)(H,58,65)(H,66,67)/t44-,55+/m1/s1. The average Bonchev–Trinajstić information content (AvgIpc) is 3.74. The van der Waals surface area contributed by atoms with Crippen LogP contribution in [0.25, 0.3) is 22.3 Å². The summed E-state index contributed by atoms with van der Waals surface area (Å²) in [6, 6.07) is 11.4. The van der Waals surface area contributed by atoms with Gasteiger partial charge in [-0.1, -0.05) is 141 Å². The van der Waals surface area contributed by atoms with Gasteiger partial charge in [-0.2, -0.15) is 0 Å². The van der Waals surface area contributed by atoms with Crippen molar-refractivity contribution >= 4 is 42.4 Å². The summed E-state index contributed by atoms with van der Waals surface area (Å²) in [6.07, 6.45) is 21.6. The monoisotopic (exact) mass is 1040 g/mol. The Kier molecular flexibility index (Phi) is 25.9. The summed E-state index contributed by atoms with van der Waals surface area (Å²) < 4.78 is 41.9. The smallest absolute Gasteiger partial charge is 0.408 e. The van der Waals surface area contributed by atoms with Gasteiger partial charge in [-0.05, 0) is 43.9 Å². The average molecular weight is 1040 g/mol. The van der Waals surface area contributed by atoms with E-state index in [1.165, 1.54) is 77.0 Å². The maximum Gasteiger partial charge on any atom is 0.408 e. The van der Waals surface area contributed by atoms with Crippen LogP contribution < -0.4 is 26.8 Å². The number of amides is 2. The van der Waals surface area contributed by atoms with E-state index in [1.54, 1.807) is 17.6 Å². The molecule has 0 saturated heterocycles. The van der Waals surface area contributed by atoms with Crippen molar-refractivity contribution in [3.05, 3.63) is 63.4 Å². The van der Waals surface area contributed by atoms with Crippen LogP contribution in [-0.2, 0) is 61.2 Å². The van der Waals surface area contributed by atoms with Gasteiger partial charge in [0.15, 0.2) is 0 Å². The number of quaternary nitrogens is 1. The van der Waals surface area contributed by atoms with Crippen molar-refractivity contribution in [1.29, 1.82) is 0 Å². The minimum atomic E-state index is -4.09. The van der Waals surface area contributed by atoms with E-state index in [1.807, 2.05) is 30.3 Å². The van der Waals surface area contributed by atoms with Crippen molar-refractivity contribution in [2.45, 2.75) is 193 Å². The Balaban J connectivity index is 0.929. The van der Waals surface area contributed by atoms with Crippen molar-refractivity contribution < 1.29 is 57.8 Å². The summed E-state index contributed by atoms with van der Waals surface area (Å²) in [5.74, 6) is -1.40. The second-order valence-electron chi connectivity index (χ2n) is 19.7. The summed E-state index contributed by atoms with van der Waals surface area (Å²) >= 11 is 0. The lowest BCUT2D eigenvalue weighted by Gasteiger charge is -2.35. The van der Waals surface area contributed by atoms with Crippen LogP contribution in [0, 0.1) is 0 Å². The molecule has 3 atom stereocenters. The number of alkyl carbamates (subject to hydrolysis) is 1. The zero-order valence-corrected chi connectivity index (χ0v) is 44.7. The number of para-hydroxylation sites is 1. The number of esters is 2. The van der Waals surface area contributed by atoms with Crippen molar-refractivity contribution in [3.63, 3.8) is 0 Å². The Labute approximate surface area is 432 Å². The van der Waals surface area contributed by atoms with Gasteiger partial charge in [-0.15, -0.1) is 0 Å². The van der Waals surface area contributed by atoms with Gasteiger partial charge in [0.25, 0.3) is 5.56 Å². The molecule has 4 heterocycles. The Bertz CT molecular complexity index is 2330. The molecule has 406 valence electrons. The molecule has 0 fully saturated rings. The van der Waals surface area contributed by atoms with Crippen LogP contribution in [-0.4, -0.2) is 85.2 Å². The number of pyridine rings is 2. The van der Waals surface area contributed by atoms with Crippen LogP contribution in [0.15, 0.2) is 41.2 Å². The van der Waals surface area contributed by atoms with Gasteiger partial charge >= 0.3 is 18.0 Å². The van der Waals surface area contributed by atoms with Crippen molar-refractivity contribution in [1.82, 2.24) is 20.2 Å². The van der Waals surface area contributed by atoms with Crippen molar-refractivity contribution in [2.24, 2.45) is 0 Å². The van der Waals surface area contributed by atoms with Gasteiger partial charge in [0.1, 0.15) is 20.3 Å². The minimum Gasteiger partial charge on any atom is -0.778 e. The van der Waals surface area contributed by atoms with E-state index in [4.69, 9.17) is 28.5 Å². The number of aromatic nitrogens is 2. The molecule has 5 N–H and O–H groups in total. The Morgan fingerprint density at radius 1 is 0.822 bits per heavy atom. The fourth-order valence-electron chi connectivity index (χ4n) is 9.53. The normalized spacial score (nSPS) is 16.0. The fourth-order valence-corrected chi connectivity index (χ4v) is 10.7. The molecule has 1 aromatic carbocycles. The Morgan fingerprint density at radius 2 is 1.45 bits per heavy atom. The highest BCUT2D eigenvalue weighted by Crippen LogP contribution is 2.41. The van der Waals surface area contributed by atoms with Crippen LogP contribution in [0.2, 0.25) is 0 Å². The first-order valence-corrected chi connectivity index (χ1v) is 29.2. The molecule has 73 heavy (non-hydrogen) atoms. The van der Waals surface area contributed by atoms with Crippen LogP contribution in [0.5, 0.6) is 0 Å². The molecule has 0 spiro atoms. The predicted octanol–water partition coefficient (Wildman–Crippen LogP) is 8.66. The van der Waals surface area contributed by atoms with Gasteiger partial charge < -0.3 is 53.9 Å². The first-order valence-electron chi connectivity index (χ1n) is 27.5. The number of hydrogen-bond donors (Lipinski definition) is 3. The molecule has 2 amide bonds. The molecule has 3 aromatic rings. The minimum absolute atomic E-state index is 0.0190. The number of unbranched alkanes of at least 4 members (excludes halogenated alkanes) is 18. The molecule has 18 heteroatoms. The van der Waals surface area contributed by atoms with Gasteiger partial charge in [0.05, 0.1) is 48.8 Å². The maximum atomic E-state index is 13.8. The van der Waals surface area contributed by atoms with Crippen molar-refractivity contribution in [2.75, 3.05) is 45.6 Å². The predicted molar refractivity (Wildman–Crippen MR) is 279 cm³/mol. The number of carbonyl (C=O) groups excluding carboxylic acids is 4. The summed E-state index contributed by atoms with van der Waals surface area (Å²) in [7, 11) is -4.09. The number of carbonyl (C=O) groups is 4. The Hall–Kier alpha value is -4.67. The molecule has 2 aliphatic rings. The fraction of sp³-hybridized carbons (Fsp3) is 0.673. The topological polar surface area (TPSA) is 241 Å². The molecular weight excluding hydrogens is 954 g/mol. The van der Waals surface area contributed by atoms with Crippen LogP contribution in [0.3, 0.4) is 0 Å². The van der Waals surface area contributed by atoms with E-state index in [0.29, 0.717) is 50.3 Å². The quantitative estimate of drug-likeness (QED) is 0.0165. The number of hydrogen-bond acceptors (Lipinski definition) is 13. The number of nitrogens with one attached hydrogen (secondary N) is 2. The van der Waals surface area contributed by atoms with Crippen LogP contribution >= 0.6 is 7.60 Å². The zero-order valence-electron chi connectivity index (χ0n) is 43.8. The SMILES string of the molecule is CCCCCCCCCCCCCCCCCOC[C@H](COP(=O)([O-])CCC[NH3+])OC(=O)CCCCCCCC(=O)NCCNC(=O)O[C@]1(CC)C(=O)OCc2c1cc1n(c2=O)Cc2cc3ccccc3nc2-1. The summed E-state index contributed by atoms with van der Waals surface area (Å²) in [4.78, 5) is 82.9. The second-order valence-corrected chi connectivity index (χ2v) is 21.6. The largest absolute Gasteiger partial charge is 0.778 e. The molecule has 17 nitrogen and oxygen atoms in total. The van der Waals surface area contributed by atoms with E-state index >= 15 is 0 Å². The maximum absolute atomic E-state index is 13.8. The van der Waals surface area contributed by atoms with E-state index in [9.17, 15) is 33.4 Å². The lowest BCUT2D eigenvalue weighted by molar-refractivity contribution is -0.367. The van der Waals surface area contributed by atoms with Crippen LogP contribution in [0.1, 0.15) is 185 Å². The third-order valence-electron chi connectivity index (χ3n) is 13.8. The Morgan fingerprint density at radius 3 is 2.12 bits per heavy atom. The molecule has 5 rings (SSSR count). The van der Waals surface area contributed by atoms with Gasteiger partial charge in [-0.3, -0.25) is 14.4 Å². The van der Waals surface area contributed by atoms with E-state index < -0.39 is 37.3 Å². The number of benzene rings is 1. The number of cyclic esters (lactones) is 1. The molecule has 2 aliphatic heterocycles. The van der Waals surface area contributed by atoms with Gasteiger partial charge in [0.2, 0.25) is 11.5 Å². The molecule has 1 unspecified atom stereocenters. The number of ether oxygens (including phenoxy) is 4. The van der Waals surface area contributed by atoms with Crippen LogP contribution in [0.4, 0.5) is 4.79 Å². The summed E-state index contributed by atoms with van der Waals surface area (Å²) in [6.45, 7) is 4.92. The first kappa shape index (κ1) is 59.2. The lowest BCUT2D eigenvalue weighted by Crippen LogP contribution is -2.50. The van der Waals surface area contributed by atoms with Crippen molar-refractivity contribution in [3.8, 4) is 11.4 Å². The molecule has 0 bridgehead atoms. The third kappa shape index (κ3) is 19.2. The highest BCUT2D eigenvalue weighted by atomic mass is 31.2. The number of rotatable bonds is 38. The van der Waals surface area contributed by atoms with E-state index in [2.05, 4.69) is 23.3 Å². The van der Waals surface area contributed by atoms with Gasteiger partial charge in [0, 0.05) is 61.6 Å². The molecule has 0 aliphatic carbocycles. The molecule has 2 aromatic heterocycles. The van der Waals surface area contributed by atoms with E-state index in [-0.39, 0.29) is 80.9 Å². The zero-order chi connectivity index (χ0) is 52.3. The highest BCUT2D eigenvalue weighted by molar-refractivity contribution is 7.51. The molecular formula is C55H84N5O12P. The first-order chi connectivity index (χ1) is 35.4. The lowest BCUT2D eigenvalue weighted by atomic mass is 9.85. The van der Waals surface area contributed by atoms with Gasteiger partial charge in [-0.25, -0.2) is 14.6 Å². The second kappa shape index (κ2) is 31.9. The number of nitrogens with zero attached hydrogens (tertiary/aromatic N) is 2. The highest BCUT2D eigenvalue weighted by Gasteiger charge is 2.50. The third-order valence-corrected chi connectivity index (χ3v) is 15.2. The van der Waals surface area contributed by atoms with E-state index in [0.717, 1.165) is 55.0 Å². The summed E-state index contributed by atoms with van der Waals surface area (Å²) in [5, 5.41) is 6.34. The molecule has 0 saturated carbocycles. The number of fused-ring (bicyclic) bond motifs is 5.